The molecule has 170 valence electrons. The molecule has 0 aliphatic carbocycles. The number of hydrogen-bond donors (Lipinski definition) is 1. The molecule has 10 nitrogen and oxygen atoms in total. The lowest BCUT2D eigenvalue weighted by atomic mass is 10.2. The van der Waals surface area contributed by atoms with Gasteiger partial charge in [-0.3, -0.25) is 9.36 Å². The Kier molecular flexibility index (Phi) is 6.90. The number of likely N-dealkylation sites (tertiary alicyclic amines) is 1. The van der Waals surface area contributed by atoms with E-state index in [-0.39, 0.29) is 28.8 Å². The van der Waals surface area contributed by atoms with E-state index in [0.29, 0.717) is 46.7 Å². The minimum atomic E-state index is -0.509. The third kappa shape index (κ3) is 4.69. The number of thiophene rings is 1. The highest BCUT2D eigenvalue weighted by atomic mass is 32.2. The van der Waals surface area contributed by atoms with Gasteiger partial charge in [-0.15, -0.1) is 21.5 Å². The van der Waals surface area contributed by atoms with Crippen molar-refractivity contribution in [1.82, 2.24) is 24.6 Å². The van der Waals surface area contributed by atoms with Crippen molar-refractivity contribution >= 4 is 40.0 Å². The summed E-state index contributed by atoms with van der Waals surface area (Å²) in [7, 11) is 0. The number of aromatic nitrogens is 4. The molecule has 1 saturated heterocycles. The lowest BCUT2D eigenvalue weighted by Crippen LogP contribution is -2.25. The minimum Gasteiger partial charge on any atom is -0.462 e. The SMILES string of the molecule is CCOC(=O)c1sc(N)c(C#N)c1CSc1nnc(CN2CCCC2=O)n1-c1ccccn1. The molecule has 4 heterocycles. The Morgan fingerprint density at radius 2 is 2.24 bits per heavy atom. The second-order valence-corrected chi connectivity index (χ2v) is 9.11. The average Bonchev–Trinajstić information content (AvgIpc) is 3.50. The summed E-state index contributed by atoms with van der Waals surface area (Å²) in [5.74, 6) is 1.04. The predicted octanol–water partition coefficient (Wildman–Crippen LogP) is 2.77. The first kappa shape index (κ1) is 22.8. The number of nitrogens with zero attached hydrogens (tertiary/aromatic N) is 6. The number of thioether (sulfide) groups is 1. The molecule has 0 aromatic carbocycles. The fourth-order valence-electron chi connectivity index (χ4n) is 3.50. The average molecular weight is 484 g/mol. The summed E-state index contributed by atoms with van der Waals surface area (Å²) >= 11 is 2.35. The molecule has 3 aromatic heterocycles. The van der Waals surface area contributed by atoms with Crippen molar-refractivity contribution in [2.75, 3.05) is 18.9 Å². The van der Waals surface area contributed by atoms with Crippen LogP contribution in [0.1, 0.15) is 46.4 Å². The van der Waals surface area contributed by atoms with Crippen LogP contribution >= 0.6 is 23.1 Å². The summed E-state index contributed by atoms with van der Waals surface area (Å²) in [5.41, 5.74) is 6.76. The molecule has 0 spiro atoms. The molecule has 12 heteroatoms. The number of pyridine rings is 1. The summed E-state index contributed by atoms with van der Waals surface area (Å²) in [6.07, 6.45) is 3.03. The number of carbonyl (C=O) groups is 2. The Labute approximate surface area is 198 Å². The minimum absolute atomic E-state index is 0.0891. The fourth-order valence-corrected chi connectivity index (χ4v) is 5.51. The maximum Gasteiger partial charge on any atom is 0.348 e. The third-order valence-electron chi connectivity index (χ3n) is 5.03. The van der Waals surface area contributed by atoms with E-state index in [1.807, 2.05) is 18.2 Å². The van der Waals surface area contributed by atoms with Crippen LogP contribution in [0.15, 0.2) is 29.6 Å². The first-order valence-corrected chi connectivity index (χ1v) is 12.1. The standard InChI is InChI=1S/C21H21N7O3S2/c1-2-31-20(30)18-14(13(10-22)19(23)33-18)12-32-21-26-25-16(11-27-9-5-7-17(27)29)28(21)15-6-3-4-8-24-15/h3-4,6,8H,2,5,7,9,11-12,23H2,1H3. The zero-order chi connectivity index (χ0) is 23.4. The molecule has 2 N–H and O–H groups in total. The zero-order valence-electron chi connectivity index (χ0n) is 17.9. The number of nitrogen functional groups attached to an aromatic ring is 1. The van der Waals surface area contributed by atoms with Crippen LogP contribution in [0.3, 0.4) is 0 Å². The van der Waals surface area contributed by atoms with Crippen molar-refractivity contribution in [2.45, 2.75) is 37.2 Å². The van der Waals surface area contributed by atoms with Crippen molar-refractivity contribution in [3.05, 3.63) is 46.2 Å². The molecule has 0 unspecified atom stereocenters. The van der Waals surface area contributed by atoms with E-state index in [9.17, 15) is 14.9 Å². The molecule has 0 atom stereocenters. The zero-order valence-corrected chi connectivity index (χ0v) is 19.5. The van der Waals surface area contributed by atoms with Crippen LogP contribution in [0.5, 0.6) is 0 Å². The molecule has 1 aliphatic heterocycles. The molecule has 33 heavy (non-hydrogen) atoms. The van der Waals surface area contributed by atoms with Crippen molar-refractivity contribution in [2.24, 2.45) is 0 Å². The molecule has 0 radical (unpaired) electrons. The lowest BCUT2D eigenvalue weighted by Gasteiger charge is -2.16. The fraction of sp³-hybridized carbons (Fsp3) is 0.333. The van der Waals surface area contributed by atoms with E-state index in [2.05, 4.69) is 21.3 Å². The van der Waals surface area contributed by atoms with Crippen LogP contribution in [-0.4, -0.2) is 49.7 Å². The van der Waals surface area contributed by atoms with Gasteiger partial charge in [-0.05, 0) is 25.5 Å². The Morgan fingerprint density at radius 1 is 1.39 bits per heavy atom. The lowest BCUT2D eigenvalue weighted by molar-refractivity contribution is -0.128. The maximum atomic E-state index is 12.4. The Morgan fingerprint density at radius 3 is 2.91 bits per heavy atom. The first-order chi connectivity index (χ1) is 16.0. The van der Waals surface area contributed by atoms with Crippen LogP contribution < -0.4 is 5.73 Å². The van der Waals surface area contributed by atoms with Crippen LogP contribution in [-0.2, 0) is 21.8 Å². The highest BCUT2D eigenvalue weighted by Crippen LogP contribution is 2.36. The number of rotatable bonds is 8. The van der Waals surface area contributed by atoms with Crippen molar-refractivity contribution < 1.29 is 14.3 Å². The monoisotopic (exact) mass is 483 g/mol. The van der Waals surface area contributed by atoms with Crippen molar-refractivity contribution in [3.8, 4) is 11.9 Å². The topological polar surface area (TPSA) is 140 Å². The van der Waals surface area contributed by atoms with E-state index < -0.39 is 5.97 Å². The third-order valence-corrected chi connectivity index (χ3v) is 7.03. The summed E-state index contributed by atoms with van der Waals surface area (Å²) < 4.78 is 6.93. The van der Waals surface area contributed by atoms with Gasteiger partial charge in [-0.1, -0.05) is 17.8 Å². The van der Waals surface area contributed by atoms with Gasteiger partial charge in [0, 0.05) is 30.5 Å². The highest BCUT2D eigenvalue weighted by molar-refractivity contribution is 7.98. The van der Waals surface area contributed by atoms with E-state index in [1.54, 1.807) is 22.6 Å². The summed E-state index contributed by atoms with van der Waals surface area (Å²) in [6.45, 7) is 2.94. The molecule has 1 amide bonds. The number of nitriles is 1. The van der Waals surface area contributed by atoms with Gasteiger partial charge in [-0.2, -0.15) is 5.26 Å². The molecule has 3 aromatic rings. The second-order valence-electron chi connectivity index (χ2n) is 7.11. The number of hydrogen-bond acceptors (Lipinski definition) is 10. The van der Waals surface area contributed by atoms with Crippen molar-refractivity contribution in [3.63, 3.8) is 0 Å². The maximum absolute atomic E-state index is 12.4. The number of nitrogens with two attached hydrogens (primary N) is 1. The molecule has 1 fully saturated rings. The molecule has 0 saturated carbocycles. The Bertz CT molecular complexity index is 1220. The van der Waals surface area contributed by atoms with Gasteiger partial charge in [0.15, 0.2) is 11.0 Å². The van der Waals surface area contributed by atoms with Gasteiger partial charge < -0.3 is 15.4 Å². The van der Waals surface area contributed by atoms with E-state index in [1.165, 1.54) is 11.8 Å². The molecule has 4 rings (SSSR count). The normalized spacial score (nSPS) is 13.3. The van der Waals surface area contributed by atoms with Crippen LogP contribution in [0.25, 0.3) is 5.82 Å². The van der Waals surface area contributed by atoms with Gasteiger partial charge in [0.05, 0.1) is 18.7 Å². The van der Waals surface area contributed by atoms with Gasteiger partial charge in [0.25, 0.3) is 0 Å². The number of anilines is 1. The number of ether oxygens (including phenoxy) is 1. The first-order valence-electron chi connectivity index (χ1n) is 10.3. The predicted molar refractivity (Wildman–Crippen MR) is 123 cm³/mol. The van der Waals surface area contributed by atoms with Crippen LogP contribution in [0, 0.1) is 11.3 Å². The van der Waals surface area contributed by atoms with Gasteiger partial charge in [0.1, 0.15) is 21.8 Å². The highest BCUT2D eigenvalue weighted by Gasteiger charge is 2.26. The van der Waals surface area contributed by atoms with Gasteiger partial charge in [0.2, 0.25) is 5.91 Å². The van der Waals surface area contributed by atoms with E-state index in [0.717, 1.165) is 17.8 Å². The second kappa shape index (κ2) is 10.0. The van der Waals surface area contributed by atoms with Crippen molar-refractivity contribution in [1.29, 1.82) is 5.26 Å². The number of esters is 1. The molecule has 1 aliphatic rings. The number of carbonyl (C=O) groups excluding carboxylic acids is 2. The molecular weight excluding hydrogens is 462 g/mol. The van der Waals surface area contributed by atoms with E-state index >= 15 is 0 Å². The van der Waals surface area contributed by atoms with Gasteiger partial charge in [-0.25, -0.2) is 9.78 Å². The molecular formula is C21H21N7O3S2. The van der Waals surface area contributed by atoms with Crippen LogP contribution in [0.2, 0.25) is 0 Å². The van der Waals surface area contributed by atoms with Crippen LogP contribution in [0.4, 0.5) is 5.00 Å². The quantitative estimate of drug-likeness (QED) is 0.378. The van der Waals surface area contributed by atoms with Gasteiger partial charge >= 0.3 is 5.97 Å². The Balaban J connectivity index is 1.66. The smallest absolute Gasteiger partial charge is 0.348 e. The van der Waals surface area contributed by atoms with E-state index in [4.69, 9.17) is 10.5 Å². The Hall–Kier alpha value is -3.43. The summed E-state index contributed by atoms with van der Waals surface area (Å²) in [4.78, 5) is 31.0. The number of amides is 1. The summed E-state index contributed by atoms with van der Waals surface area (Å²) in [6, 6.07) is 7.58. The molecule has 0 bridgehead atoms. The largest absolute Gasteiger partial charge is 0.462 e. The summed E-state index contributed by atoms with van der Waals surface area (Å²) in [5, 5.41) is 19.0.